The second-order valence-corrected chi connectivity index (χ2v) is 4.96. The van der Waals surface area contributed by atoms with Gasteiger partial charge >= 0.3 is 0 Å². The summed E-state index contributed by atoms with van der Waals surface area (Å²) in [6, 6.07) is 13.5. The van der Waals surface area contributed by atoms with E-state index in [1.54, 1.807) is 14.2 Å². The largest absolute Gasteiger partial charge is 0.497 e. The molecule has 0 aliphatic carbocycles. The van der Waals surface area contributed by atoms with Gasteiger partial charge in [0.1, 0.15) is 11.5 Å². The van der Waals surface area contributed by atoms with E-state index < -0.39 is 0 Å². The van der Waals surface area contributed by atoms with E-state index in [4.69, 9.17) is 21.7 Å². The number of methoxy groups -OCH3 is 2. The molecule has 0 aliphatic heterocycles. The highest BCUT2D eigenvalue weighted by atomic mass is 32.1. The molecule has 4 nitrogen and oxygen atoms in total. The topological polar surface area (TPSA) is 42.5 Å². The number of rotatable bonds is 4. The highest BCUT2D eigenvalue weighted by Crippen LogP contribution is 2.25. The molecule has 110 valence electrons. The Bertz CT molecular complexity index is 622. The molecular weight excluding hydrogens is 284 g/mol. The molecule has 2 rings (SSSR count). The van der Waals surface area contributed by atoms with Crippen LogP contribution in [0.5, 0.6) is 11.5 Å². The maximum Gasteiger partial charge on any atom is 0.175 e. The second kappa shape index (κ2) is 6.95. The smallest absolute Gasteiger partial charge is 0.175 e. The summed E-state index contributed by atoms with van der Waals surface area (Å²) in [5.41, 5.74) is 2.92. The number of hydrogen-bond donors (Lipinski definition) is 2. The summed E-state index contributed by atoms with van der Waals surface area (Å²) in [4.78, 5) is 0. The number of nitrogens with one attached hydrogen (secondary N) is 2. The summed E-state index contributed by atoms with van der Waals surface area (Å²) in [7, 11) is 3.23. The van der Waals surface area contributed by atoms with Gasteiger partial charge in [-0.05, 0) is 36.8 Å². The molecule has 0 aliphatic rings. The van der Waals surface area contributed by atoms with Crippen LogP contribution in [0.3, 0.4) is 0 Å². The minimum absolute atomic E-state index is 0.510. The Morgan fingerprint density at radius 3 is 2.10 bits per heavy atom. The first-order valence-electron chi connectivity index (χ1n) is 6.48. The molecule has 21 heavy (non-hydrogen) atoms. The average Bonchev–Trinajstić information content (AvgIpc) is 2.46. The fraction of sp³-hybridized carbons (Fsp3) is 0.188. The summed E-state index contributed by atoms with van der Waals surface area (Å²) in [5, 5.41) is 6.77. The molecule has 2 aromatic rings. The molecule has 2 aromatic carbocycles. The molecular formula is C16H18N2O2S. The Morgan fingerprint density at radius 2 is 1.52 bits per heavy atom. The minimum atomic E-state index is 0.510. The molecule has 5 heteroatoms. The van der Waals surface area contributed by atoms with Crippen LogP contribution in [0.15, 0.2) is 42.5 Å². The lowest BCUT2D eigenvalue weighted by atomic mass is 10.2. The summed E-state index contributed by atoms with van der Waals surface area (Å²) in [6.07, 6.45) is 0. The Kier molecular flexibility index (Phi) is 5.00. The number of thiocarbonyl (C=S) groups is 1. The van der Waals surface area contributed by atoms with Crippen LogP contribution in [0.2, 0.25) is 0 Å². The van der Waals surface area contributed by atoms with E-state index in [0.29, 0.717) is 16.6 Å². The number of anilines is 2. The van der Waals surface area contributed by atoms with Gasteiger partial charge in [-0.15, -0.1) is 0 Å². The van der Waals surface area contributed by atoms with Gasteiger partial charge in [-0.2, -0.15) is 0 Å². The number of ether oxygens (including phenoxy) is 2. The highest BCUT2D eigenvalue weighted by Gasteiger charge is 2.04. The van der Waals surface area contributed by atoms with Crippen LogP contribution in [0.25, 0.3) is 0 Å². The monoisotopic (exact) mass is 302 g/mol. The Morgan fingerprint density at radius 1 is 0.905 bits per heavy atom. The first-order valence-corrected chi connectivity index (χ1v) is 6.89. The predicted octanol–water partition coefficient (Wildman–Crippen LogP) is 3.82. The van der Waals surface area contributed by atoms with Crippen molar-refractivity contribution in [2.45, 2.75) is 6.92 Å². The zero-order chi connectivity index (χ0) is 15.2. The first kappa shape index (κ1) is 15.1. The maximum absolute atomic E-state index is 5.32. The number of hydrogen-bond acceptors (Lipinski definition) is 3. The third-order valence-electron chi connectivity index (χ3n) is 2.89. The Hall–Kier alpha value is -2.27. The molecule has 0 heterocycles. The van der Waals surface area contributed by atoms with Crippen molar-refractivity contribution in [1.29, 1.82) is 0 Å². The van der Waals surface area contributed by atoms with E-state index in [1.807, 2.05) is 49.4 Å². The van der Waals surface area contributed by atoms with Crippen LogP contribution in [-0.2, 0) is 0 Å². The quantitative estimate of drug-likeness (QED) is 0.840. The van der Waals surface area contributed by atoms with Gasteiger partial charge in [-0.25, -0.2) is 0 Å². The SMILES string of the molecule is COc1cc(NC(=S)Nc2cccc(C)c2)cc(OC)c1. The van der Waals surface area contributed by atoms with Crippen molar-refractivity contribution < 1.29 is 9.47 Å². The van der Waals surface area contributed by atoms with Gasteiger partial charge in [0, 0.05) is 29.6 Å². The van der Waals surface area contributed by atoms with Crippen LogP contribution in [0.1, 0.15) is 5.56 Å². The first-order chi connectivity index (χ1) is 10.1. The molecule has 0 spiro atoms. The van der Waals surface area contributed by atoms with E-state index >= 15 is 0 Å². The molecule has 0 unspecified atom stereocenters. The molecule has 0 bridgehead atoms. The van der Waals surface area contributed by atoms with Gasteiger partial charge < -0.3 is 20.1 Å². The lowest BCUT2D eigenvalue weighted by Gasteiger charge is -2.13. The predicted molar refractivity (Wildman–Crippen MR) is 90.6 cm³/mol. The van der Waals surface area contributed by atoms with Crippen molar-refractivity contribution in [3.63, 3.8) is 0 Å². The van der Waals surface area contributed by atoms with Crippen molar-refractivity contribution in [1.82, 2.24) is 0 Å². The van der Waals surface area contributed by atoms with E-state index in [1.165, 1.54) is 5.56 Å². The van der Waals surface area contributed by atoms with Gasteiger partial charge in [-0.1, -0.05) is 12.1 Å². The van der Waals surface area contributed by atoms with Gasteiger partial charge in [0.2, 0.25) is 0 Å². The second-order valence-electron chi connectivity index (χ2n) is 4.55. The molecule has 0 aromatic heterocycles. The van der Waals surface area contributed by atoms with Crippen molar-refractivity contribution >= 4 is 28.7 Å². The normalized spacial score (nSPS) is 9.86. The molecule has 0 amide bonds. The molecule has 0 fully saturated rings. The molecule has 2 N–H and O–H groups in total. The summed E-state index contributed by atoms with van der Waals surface area (Å²) in [6.45, 7) is 2.04. The van der Waals surface area contributed by atoms with Crippen molar-refractivity contribution in [3.05, 3.63) is 48.0 Å². The standard InChI is InChI=1S/C16H18N2O2S/c1-11-5-4-6-12(7-11)17-16(21)18-13-8-14(19-2)10-15(9-13)20-3/h4-10H,1-3H3,(H2,17,18,21). The third-order valence-corrected chi connectivity index (χ3v) is 3.09. The third kappa shape index (κ3) is 4.36. The fourth-order valence-electron chi connectivity index (χ4n) is 1.90. The molecule has 0 radical (unpaired) electrons. The van der Waals surface area contributed by atoms with Crippen molar-refractivity contribution in [2.75, 3.05) is 24.9 Å². The average molecular weight is 302 g/mol. The maximum atomic E-state index is 5.32. The number of benzene rings is 2. The van der Waals surface area contributed by atoms with Crippen LogP contribution in [-0.4, -0.2) is 19.3 Å². The summed E-state index contributed by atoms with van der Waals surface area (Å²) < 4.78 is 10.5. The van der Waals surface area contributed by atoms with E-state index in [9.17, 15) is 0 Å². The van der Waals surface area contributed by atoms with Crippen LogP contribution in [0, 0.1) is 6.92 Å². The van der Waals surface area contributed by atoms with E-state index in [0.717, 1.165) is 11.4 Å². The lowest BCUT2D eigenvalue weighted by Crippen LogP contribution is -2.19. The van der Waals surface area contributed by atoms with E-state index in [2.05, 4.69) is 10.6 Å². The van der Waals surface area contributed by atoms with E-state index in [-0.39, 0.29) is 0 Å². The highest BCUT2D eigenvalue weighted by molar-refractivity contribution is 7.80. The summed E-state index contributed by atoms with van der Waals surface area (Å²) >= 11 is 5.32. The Labute approximate surface area is 130 Å². The molecule has 0 saturated carbocycles. The van der Waals surface area contributed by atoms with Gasteiger partial charge in [-0.3, -0.25) is 0 Å². The minimum Gasteiger partial charge on any atom is -0.497 e. The zero-order valence-corrected chi connectivity index (χ0v) is 13.1. The molecule has 0 atom stereocenters. The van der Waals surface area contributed by atoms with Crippen molar-refractivity contribution in [3.8, 4) is 11.5 Å². The lowest BCUT2D eigenvalue weighted by molar-refractivity contribution is 0.395. The van der Waals surface area contributed by atoms with Crippen LogP contribution < -0.4 is 20.1 Å². The van der Waals surface area contributed by atoms with Crippen LogP contribution >= 0.6 is 12.2 Å². The zero-order valence-electron chi connectivity index (χ0n) is 12.3. The summed E-state index contributed by atoms with van der Waals surface area (Å²) in [5.74, 6) is 1.41. The molecule has 0 saturated heterocycles. The van der Waals surface area contributed by atoms with Gasteiger partial charge in [0.25, 0.3) is 0 Å². The van der Waals surface area contributed by atoms with Crippen LogP contribution in [0.4, 0.5) is 11.4 Å². The number of aryl methyl sites for hydroxylation is 1. The van der Waals surface area contributed by atoms with Gasteiger partial charge in [0.15, 0.2) is 5.11 Å². The van der Waals surface area contributed by atoms with Gasteiger partial charge in [0.05, 0.1) is 14.2 Å². The van der Waals surface area contributed by atoms with Crippen molar-refractivity contribution in [2.24, 2.45) is 0 Å². The Balaban J connectivity index is 2.08. The fourth-order valence-corrected chi connectivity index (χ4v) is 2.13.